The van der Waals surface area contributed by atoms with Crippen LogP contribution in [0, 0.1) is 0 Å². The van der Waals surface area contributed by atoms with Crippen LogP contribution in [0.1, 0.15) is 38.7 Å². The Balaban J connectivity index is 1.51. The first-order valence-electron chi connectivity index (χ1n) is 8.60. The fraction of sp³-hybridized carbons (Fsp3) is 0.474. The predicted octanol–water partition coefficient (Wildman–Crippen LogP) is 2.76. The normalized spacial score (nSPS) is 22.2. The van der Waals surface area contributed by atoms with Gasteiger partial charge in [-0.05, 0) is 56.9 Å². The molecule has 0 aromatic heterocycles. The molecule has 6 nitrogen and oxygen atoms in total. The maximum atomic E-state index is 12.3. The van der Waals surface area contributed by atoms with Crippen molar-refractivity contribution in [1.82, 2.24) is 4.90 Å². The van der Waals surface area contributed by atoms with Crippen molar-refractivity contribution in [2.24, 2.45) is 0 Å². The number of nitrogens with zero attached hydrogens (tertiary/aromatic N) is 1. The molecule has 0 bridgehead atoms. The van der Waals surface area contributed by atoms with E-state index in [-0.39, 0.29) is 31.4 Å². The molecule has 0 spiro atoms. The van der Waals surface area contributed by atoms with Crippen molar-refractivity contribution >= 4 is 18.0 Å². The summed E-state index contributed by atoms with van der Waals surface area (Å²) in [6, 6.07) is 5.78. The van der Waals surface area contributed by atoms with Gasteiger partial charge < -0.3 is 19.1 Å². The van der Waals surface area contributed by atoms with Crippen molar-refractivity contribution in [3.05, 3.63) is 29.8 Å². The number of ether oxygens (including phenoxy) is 3. The number of fused-ring (bicyclic) bond motifs is 1. The van der Waals surface area contributed by atoms with Crippen molar-refractivity contribution in [2.45, 2.75) is 45.2 Å². The van der Waals surface area contributed by atoms with Crippen LogP contribution in [0.2, 0.25) is 0 Å². The molecule has 1 aromatic rings. The Bertz CT molecular complexity index is 674. The molecule has 1 amide bonds. The third-order valence-corrected chi connectivity index (χ3v) is 4.63. The van der Waals surface area contributed by atoms with E-state index < -0.39 is 5.97 Å². The number of carbonyl (C=O) groups excluding carboxylic acids is 2. The number of amides is 1. The molecule has 6 heteroatoms. The van der Waals surface area contributed by atoms with Gasteiger partial charge in [0.2, 0.25) is 6.79 Å². The van der Waals surface area contributed by atoms with Crippen LogP contribution in [-0.4, -0.2) is 42.3 Å². The Hall–Kier alpha value is -2.50. The first-order valence-corrected chi connectivity index (χ1v) is 8.60. The Morgan fingerprint density at radius 2 is 1.92 bits per heavy atom. The quantitative estimate of drug-likeness (QED) is 0.620. The number of likely N-dealkylation sites (tertiary alicyclic amines) is 1. The molecule has 2 aliphatic heterocycles. The molecular weight excluding hydrogens is 322 g/mol. The molecule has 0 N–H and O–H groups in total. The smallest absolute Gasteiger partial charge is 0.331 e. The maximum absolute atomic E-state index is 12.3. The van der Waals surface area contributed by atoms with E-state index in [1.807, 2.05) is 24.8 Å². The third kappa shape index (κ3) is 4.13. The highest BCUT2D eigenvalue weighted by Crippen LogP contribution is 2.32. The van der Waals surface area contributed by atoms with Gasteiger partial charge in [-0.25, -0.2) is 4.79 Å². The summed E-state index contributed by atoms with van der Waals surface area (Å²) in [7, 11) is 0. The summed E-state index contributed by atoms with van der Waals surface area (Å²) in [6.45, 7) is 4.06. The minimum Gasteiger partial charge on any atom is -0.454 e. The van der Waals surface area contributed by atoms with E-state index in [2.05, 4.69) is 0 Å². The summed E-state index contributed by atoms with van der Waals surface area (Å²) >= 11 is 0. The zero-order chi connectivity index (χ0) is 17.8. The molecule has 3 rings (SSSR count). The molecule has 1 fully saturated rings. The molecule has 2 aliphatic rings. The Morgan fingerprint density at radius 1 is 1.20 bits per heavy atom. The van der Waals surface area contributed by atoms with Crippen LogP contribution in [0.4, 0.5) is 0 Å². The van der Waals surface area contributed by atoms with Crippen LogP contribution in [-0.2, 0) is 14.3 Å². The third-order valence-electron chi connectivity index (χ3n) is 4.63. The first kappa shape index (κ1) is 17.3. The highest BCUT2D eigenvalue weighted by atomic mass is 16.7. The summed E-state index contributed by atoms with van der Waals surface area (Å²) in [5.41, 5.74) is 0.797. The number of benzene rings is 1. The van der Waals surface area contributed by atoms with Crippen molar-refractivity contribution in [3.63, 3.8) is 0 Å². The van der Waals surface area contributed by atoms with Crippen molar-refractivity contribution in [3.8, 4) is 11.5 Å². The maximum Gasteiger partial charge on any atom is 0.331 e. The summed E-state index contributed by atoms with van der Waals surface area (Å²) in [5, 5.41) is 0. The van der Waals surface area contributed by atoms with Gasteiger partial charge in [0.25, 0.3) is 5.91 Å². The van der Waals surface area contributed by atoms with Gasteiger partial charge >= 0.3 is 5.97 Å². The highest BCUT2D eigenvalue weighted by Gasteiger charge is 2.29. The van der Waals surface area contributed by atoms with Gasteiger partial charge in [0, 0.05) is 18.2 Å². The Labute approximate surface area is 147 Å². The summed E-state index contributed by atoms with van der Waals surface area (Å²) in [4.78, 5) is 26.0. The number of hydrogen-bond acceptors (Lipinski definition) is 5. The van der Waals surface area contributed by atoms with Gasteiger partial charge in [0.15, 0.2) is 18.1 Å². The van der Waals surface area contributed by atoms with Crippen LogP contribution < -0.4 is 9.47 Å². The van der Waals surface area contributed by atoms with Gasteiger partial charge in [-0.2, -0.15) is 0 Å². The molecule has 0 saturated carbocycles. The number of hydrogen-bond donors (Lipinski definition) is 0. The van der Waals surface area contributed by atoms with Crippen LogP contribution in [0.3, 0.4) is 0 Å². The molecule has 25 heavy (non-hydrogen) atoms. The second kappa shape index (κ2) is 7.59. The lowest BCUT2D eigenvalue weighted by molar-refractivity contribution is -0.151. The Morgan fingerprint density at radius 3 is 2.68 bits per heavy atom. The molecule has 2 heterocycles. The average molecular weight is 345 g/mol. The topological polar surface area (TPSA) is 65.1 Å². The number of carbonyl (C=O) groups is 2. The molecule has 0 unspecified atom stereocenters. The van der Waals surface area contributed by atoms with E-state index in [9.17, 15) is 9.59 Å². The number of piperidine rings is 1. The van der Waals surface area contributed by atoms with Crippen molar-refractivity contribution in [1.29, 1.82) is 0 Å². The van der Waals surface area contributed by atoms with Crippen LogP contribution in [0.25, 0.3) is 6.08 Å². The van der Waals surface area contributed by atoms with Crippen molar-refractivity contribution in [2.75, 3.05) is 13.4 Å². The van der Waals surface area contributed by atoms with Gasteiger partial charge in [0.05, 0.1) is 0 Å². The lowest BCUT2D eigenvalue weighted by Gasteiger charge is -2.38. The molecule has 2 atom stereocenters. The van der Waals surface area contributed by atoms with Gasteiger partial charge in [-0.1, -0.05) is 6.07 Å². The molecule has 1 saturated heterocycles. The van der Waals surface area contributed by atoms with Gasteiger partial charge in [0.1, 0.15) is 0 Å². The number of esters is 1. The summed E-state index contributed by atoms with van der Waals surface area (Å²) in [5.74, 6) is 0.668. The van der Waals surface area contributed by atoms with E-state index in [1.165, 1.54) is 6.08 Å². The van der Waals surface area contributed by atoms with E-state index >= 15 is 0 Å². The predicted molar refractivity (Wildman–Crippen MR) is 92.2 cm³/mol. The zero-order valence-electron chi connectivity index (χ0n) is 14.6. The van der Waals surface area contributed by atoms with Gasteiger partial charge in [-0.15, -0.1) is 0 Å². The van der Waals surface area contributed by atoms with Crippen LogP contribution in [0.15, 0.2) is 24.3 Å². The summed E-state index contributed by atoms with van der Waals surface area (Å²) in [6.07, 6.45) is 6.06. The van der Waals surface area contributed by atoms with E-state index in [0.29, 0.717) is 11.5 Å². The fourth-order valence-electron chi connectivity index (χ4n) is 3.35. The molecule has 134 valence electrons. The average Bonchev–Trinajstić information content (AvgIpc) is 3.05. The highest BCUT2D eigenvalue weighted by molar-refractivity contribution is 5.89. The molecule has 0 radical (unpaired) electrons. The van der Waals surface area contributed by atoms with E-state index in [4.69, 9.17) is 14.2 Å². The fourth-order valence-corrected chi connectivity index (χ4v) is 3.35. The van der Waals surface area contributed by atoms with E-state index in [0.717, 1.165) is 24.8 Å². The Kier molecular flexibility index (Phi) is 5.26. The molecular formula is C19H23NO5. The van der Waals surface area contributed by atoms with E-state index in [1.54, 1.807) is 18.2 Å². The largest absolute Gasteiger partial charge is 0.454 e. The zero-order valence-corrected chi connectivity index (χ0v) is 14.6. The molecule has 1 aromatic carbocycles. The number of rotatable bonds is 4. The summed E-state index contributed by atoms with van der Waals surface area (Å²) < 4.78 is 15.6. The minimum atomic E-state index is -0.539. The second-order valence-electron chi connectivity index (χ2n) is 6.48. The van der Waals surface area contributed by atoms with Crippen LogP contribution in [0.5, 0.6) is 11.5 Å². The SMILES string of the molecule is C[C@@H]1CCC[C@H](C)N1C(=O)COC(=O)/C=C/c1ccc2c(c1)OCO2. The molecule has 0 aliphatic carbocycles. The van der Waals surface area contributed by atoms with Crippen LogP contribution >= 0.6 is 0 Å². The lowest BCUT2D eigenvalue weighted by atomic mass is 9.97. The monoisotopic (exact) mass is 345 g/mol. The lowest BCUT2D eigenvalue weighted by Crippen LogP contribution is -2.49. The first-order chi connectivity index (χ1) is 12.0. The second-order valence-corrected chi connectivity index (χ2v) is 6.48. The van der Waals surface area contributed by atoms with Gasteiger partial charge in [-0.3, -0.25) is 4.79 Å². The van der Waals surface area contributed by atoms with Crippen molar-refractivity contribution < 1.29 is 23.8 Å². The standard InChI is InChI=1S/C19H23NO5/c1-13-4-3-5-14(2)20(13)18(21)11-23-19(22)9-7-15-6-8-16-17(10-15)25-12-24-16/h6-10,13-14H,3-5,11-12H2,1-2H3/b9-7+/t13-,14+. The minimum absolute atomic E-state index is 0.135.